The lowest BCUT2D eigenvalue weighted by Gasteiger charge is -2.09. The summed E-state index contributed by atoms with van der Waals surface area (Å²) in [5.74, 6) is -1.87. The molecule has 3 rings (SSSR count). The predicted molar refractivity (Wildman–Crippen MR) is 95.0 cm³/mol. The minimum Gasteiger partial charge on any atom is -0.352 e. The summed E-state index contributed by atoms with van der Waals surface area (Å²) in [6, 6.07) is 11.4. The van der Waals surface area contributed by atoms with Gasteiger partial charge in [-0.3, -0.25) is 4.79 Å². The normalized spacial score (nSPS) is 11.4. The van der Waals surface area contributed by atoms with Crippen LogP contribution in [0.15, 0.2) is 53.9 Å². The van der Waals surface area contributed by atoms with Gasteiger partial charge in [-0.05, 0) is 18.2 Å². The summed E-state index contributed by atoms with van der Waals surface area (Å²) in [4.78, 5) is 16.5. The van der Waals surface area contributed by atoms with Gasteiger partial charge >= 0.3 is 6.18 Å². The van der Waals surface area contributed by atoms with Crippen molar-refractivity contribution < 1.29 is 22.4 Å². The standard InChI is InChI=1S/C19H14F4N2OS/c20-15-9-13(8-14(10-15)19(21,22)23)17(26)24-7-6-16-11-27-18(25-16)12-4-2-1-3-5-12/h1-5,8-11H,6-7H2,(H,24,26). The Labute approximate surface area is 156 Å². The molecule has 27 heavy (non-hydrogen) atoms. The number of hydrogen-bond acceptors (Lipinski definition) is 3. The fourth-order valence-corrected chi connectivity index (χ4v) is 3.29. The number of rotatable bonds is 5. The van der Waals surface area contributed by atoms with E-state index < -0.39 is 23.5 Å². The van der Waals surface area contributed by atoms with Crippen molar-refractivity contribution in [2.45, 2.75) is 12.6 Å². The van der Waals surface area contributed by atoms with E-state index in [4.69, 9.17) is 0 Å². The number of carbonyl (C=O) groups excluding carboxylic acids is 1. The van der Waals surface area contributed by atoms with Crippen LogP contribution in [-0.4, -0.2) is 17.4 Å². The van der Waals surface area contributed by atoms with Gasteiger partial charge < -0.3 is 5.32 Å². The topological polar surface area (TPSA) is 42.0 Å². The van der Waals surface area contributed by atoms with E-state index in [9.17, 15) is 22.4 Å². The molecule has 0 atom stereocenters. The maximum atomic E-state index is 13.4. The van der Waals surface area contributed by atoms with E-state index in [0.29, 0.717) is 18.6 Å². The Balaban J connectivity index is 1.61. The molecule has 0 unspecified atom stereocenters. The second kappa shape index (κ2) is 7.87. The number of amides is 1. The molecule has 1 aromatic heterocycles. The van der Waals surface area contributed by atoms with Gasteiger partial charge in [-0.25, -0.2) is 9.37 Å². The molecule has 0 radical (unpaired) electrons. The summed E-state index contributed by atoms with van der Waals surface area (Å²) in [6.07, 6.45) is -4.30. The van der Waals surface area contributed by atoms with Crippen molar-refractivity contribution in [2.24, 2.45) is 0 Å². The first kappa shape index (κ1) is 19.0. The van der Waals surface area contributed by atoms with Crippen molar-refractivity contribution >= 4 is 17.2 Å². The first-order chi connectivity index (χ1) is 12.8. The number of halogens is 4. The van der Waals surface area contributed by atoms with Gasteiger partial charge in [0.1, 0.15) is 10.8 Å². The van der Waals surface area contributed by atoms with Crippen molar-refractivity contribution in [3.05, 3.63) is 76.5 Å². The van der Waals surface area contributed by atoms with Crippen molar-refractivity contribution in [1.82, 2.24) is 10.3 Å². The molecule has 1 heterocycles. The molecular weight excluding hydrogens is 380 g/mol. The summed E-state index contributed by atoms with van der Waals surface area (Å²) in [5, 5.41) is 5.20. The van der Waals surface area contributed by atoms with Crippen LogP contribution < -0.4 is 5.32 Å². The van der Waals surface area contributed by atoms with E-state index in [1.807, 2.05) is 35.7 Å². The summed E-state index contributed by atoms with van der Waals surface area (Å²) in [7, 11) is 0. The number of aromatic nitrogens is 1. The molecule has 0 aliphatic heterocycles. The number of carbonyl (C=O) groups is 1. The Morgan fingerprint density at radius 3 is 2.56 bits per heavy atom. The van der Waals surface area contributed by atoms with Crippen molar-refractivity contribution in [3.63, 3.8) is 0 Å². The molecule has 140 valence electrons. The number of thiazole rings is 1. The highest BCUT2D eigenvalue weighted by Crippen LogP contribution is 2.30. The fourth-order valence-electron chi connectivity index (χ4n) is 2.43. The smallest absolute Gasteiger partial charge is 0.352 e. The van der Waals surface area contributed by atoms with E-state index in [0.717, 1.165) is 22.3 Å². The van der Waals surface area contributed by atoms with Crippen LogP contribution in [0.3, 0.4) is 0 Å². The molecule has 0 aliphatic rings. The molecule has 0 saturated heterocycles. The number of nitrogens with one attached hydrogen (secondary N) is 1. The molecular formula is C19H14F4N2OS. The van der Waals surface area contributed by atoms with Crippen molar-refractivity contribution in [2.75, 3.05) is 6.54 Å². The predicted octanol–water partition coefficient (Wildman–Crippen LogP) is 4.94. The average molecular weight is 394 g/mol. The van der Waals surface area contributed by atoms with Gasteiger partial charge in [-0.15, -0.1) is 11.3 Å². The Morgan fingerprint density at radius 1 is 1.11 bits per heavy atom. The zero-order chi connectivity index (χ0) is 19.4. The highest BCUT2D eigenvalue weighted by atomic mass is 32.1. The first-order valence-corrected chi connectivity index (χ1v) is 8.87. The average Bonchev–Trinajstić information content (AvgIpc) is 3.10. The van der Waals surface area contributed by atoms with Crippen LogP contribution in [0.1, 0.15) is 21.6 Å². The number of hydrogen-bond donors (Lipinski definition) is 1. The Hall–Kier alpha value is -2.74. The molecule has 8 heteroatoms. The monoisotopic (exact) mass is 394 g/mol. The highest BCUT2D eigenvalue weighted by Gasteiger charge is 2.31. The third-order valence-corrected chi connectivity index (χ3v) is 4.67. The molecule has 2 aromatic carbocycles. The Kier molecular flexibility index (Phi) is 5.55. The fraction of sp³-hybridized carbons (Fsp3) is 0.158. The SMILES string of the molecule is O=C(NCCc1csc(-c2ccccc2)n1)c1cc(F)cc(C(F)(F)F)c1. The number of nitrogens with zero attached hydrogens (tertiary/aromatic N) is 1. The van der Waals surface area contributed by atoms with Crippen LogP contribution >= 0.6 is 11.3 Å². The second-order valence-corrected chi connectivity index (χ2v) is 6.60. The quantitative estimate of drug-likeness (QED) is 0.623. The third-order valence-electron chi connectivity index (χ3n) is 3.73. The summed E-state index contributed by atoms with van der Waals surface area (Å²) in [6.45, 7) is 0.175. The van der Waals surface area contributed by atoms with Crippen LogP contribution in [0.25, 0.3) is 10.6 Å². The van der Waals surface area contributed by atoms with Gasteiger partial charge in [-0.2, -0.15) is 13.2 Å². The number of alkyl halides is 3. The third kappa shape index (κ3) is 4.91. The Bertz CT molecular complexity index is 938. The molecule has 1 N–H and O–H groups in total. The minimum atomic E-state index is -4.72. The van der Waals surface area contributed by atoms with Crippen LogP contribution in [-0.2, 0) is 12.6 Å². The minimum absolute atomic E-state index is 0.175. The van der Waals surface area contributed by atoms with Gasteiger partial charge in [0.05, 0.1) is 11.3 Å². The first-order valence-electron chi connectivity index (χ1n) is 7.99. The van der Waals surface area contributed by atoms with Gasteiger partial charge in [0.15, 0.2) is 0 Å². The lowest BCUT2D eigenvalue weighted by atomic mass is 10.1. The second-order valence-electron chi connectivity index (χ2n) is 5.74. The molecule has 1 amide bonds. The van der Waals surface area contributed by atoms with E-state index >= 15 is 0 Å². The summed E-state index contributed by atoms with van der Waals surface area (Å²) < 4.78 is 51.5. The van der Waals surface area contributed by atoms with Gasteiger partial charge in [-0.1, -0.05) is 30.3 Å². The van der Waals surface area contributed by atoms with E-state index in [1.165, 1.54) is 11.3 Å². The zero-order valence-corrected chi connectivity index (χ0v) is 14.7. The van der Waals surface area contributed by atoms with Crippen LogP contribution in [0.2, 0.25) is 0 Å². The van der Waals surface area contributed by atoms with Crippen LogP contribution in [0.4, 0.5) is 17.6 Å². The molecule has 0 saturated carbocycles. The molecule has 0 spiro atoms. The maximum Gasteiger partial charge on any atom is 0.416 e. The van der Waals surface area contributed by atoms with Gasteiger partial charge in [0, 0.05) is 29.5 Å². The molecule has 0 fully saturated rings. The Morgan fingerprint density at radius 2 is 1.85 bits per heavy atom. The lowest BCUT2D eigenvalue weighted by Crippen LogP contribution is -2.26. The van der Waals surface area contributed by atoms with Crippen molar-refractivity contribution in [1.29, 1.82) is 0 Å². The molecule has 0 aliphatic carbocycles. The van der Waals surface area contributed by atoms with Crippen molar-refractivity contribution in [3.8, 4) is 10.6 Å². The summed E-state index contributed by atoms with van der Waals surface area (Å²) >= 11 is 1.47. The number of benzene rings is 2. The lowest BCUT2D eigenvalue weighted by molar-refractivity contribution is -0.137. The molecule has 0 bridgehead atoms. The maximum absolute atomic E-state index is 13.4. The van der Waals surface area contributed by atoms with E-state index in [2.05, 4.69) is 10.3 Å². The van der Waals surface area contributed by atoms with Gasteiger partial charge in [0.25, 0.3) is 5.91 Å². The van der Waals surface area contributed by atoms with Crippen LogP contribution in [0.5, 0.6) is 0 Å². The zero-order valence-electron chi connectivity index (χ0n) is 13.9. The molecule has 3 aromatic rings. The molecule has 3 nitrogen and oxygen atoms in total. The highest BCUT2D eigenvalue weighted by molar-refractivity contribution is 7.13. The summed E-state index contributed by atoms with van der Waals surface area (Å²) in [5.41, 5.74) is 0.178. The van der Waals surface area contributed by atoms with Gasteiger partial charge in [0.2, 0.25) is 0 Å². The van der Waals surface area contributed by atoms with Crippen LogP contribution in [0, 0.1) is 5.82 Å². The van der Waals surface area contributed by atoms with E-state index in [-0.39, 0.29) is 12.1 Å². The largest absolute Gasteiger partial charge is 0.416 e. The van der Waals surface area contributed by atoms with E-state index in [1.54, 1.807) is 0 Å².